The quantitative estimate of drug-likeness (QED) is 0.593. The van der Waals surface area contributed by atoms with E-state index in [1.165, 1.54) is 0 Å². The molecule has 0 aromatic rings. The highest BCUT2D eigenvalue weighted by Crippen LogP contribution is 2.32. The van der Waals surface area contributed by atoms with Crippen molar-refractivity contribution in [2.45, 2.75) is 45.6 Å². The molecule has 5 heteroatoms. The van der Waals surface area contributed by atoms with E-state index >= 15 is 0 Å². The second-order valence-electron chi connectivity index (χ2n) is 4.79. The van der Waals surface area contributed by atoms with Crippen molar-refractivity contribution in [3.63, 3.8) is 0 Å². The van der Waals surface area contributed by atoms with E-state index in [0.717, 1.165) is 12.8 Å². The van der Waals surface area contributed by atoms with Gasteiger partial charge < -0.3 is 15.7 Å². The maximum Gasteiger partial charge on any atom is 0.315 e. The summed E-state index contributed by atoms with van der Waals surface area (Å²) >= 11 is 0. The summed E-state index contributed by atoms with van der Waals surface area (Å²) in [5.41, 5.74) is 0. The van der Waals surface area contributed by atoms with Gasteiger partial charge >= 0.3 is 12.0 Å². The standard InChI is InChI=1S/C12H22N2O3/c1-3-9-7-10(9)14-12(17)13-6-4-5-8(2)11(15)16/h8-10H,3-7H2,1-2H3,(H,15,16)(H2,13,14,17). The van der Waals surface area contributed by atoms with Crippen molar-refractivity contribution >= 4 is 12.0 Å². The molecule has 1 saturated carbocycles. The van der Waals surface area contributed by atoms with Gasteiger partial charge in [0.2, 0.25) is 0 Å². The average molecular weight is 242 g/mol. The molecule has 1 fully saturated rings. The number of carboxylic acid groups (broad SMARTS) is 1. The van der Waals surface area contributed by atoms with Gasteiger partial charge in [0.25, 0.3) is 0 Å². The number of urea groups is 1. The van der Waals surface area contributed by atoms with E-state index in [9.17, 15) is 9.59 Å². The molecule has 0 saturated heterocycles. The SMILES string of the molecule is CCC1CC1NC(=O)NCCCC(C)C(=O)O. The molecule has 0 bridgehead atoms. The predicted molar refractivity (Wildman–Crippen MR) is 64.8 cm³/mol. The summed E-state index contributed by atoms with van der Waals surface area (Å²) in [5.74, 6) is -0.473. The minimum atomic E-state index is -0.779. The number of carboxylic acids is 1. The number of aliphatic carboxylic acids is 1. The van der Waals surface area contributed by atoms with E-state index in [1.54, 1.807) is 6.92 Å². The van der Waals surface area contributed by atoms with E-state index in [1.807, 2.05) is 0 Å². The van der Waals surface area contributed by atoms with Crippen molar-refractivity contribution in [3.8, 4) is 0 Å². The zero-order chi connectivity index (χ0) is 12.8. The zero-order valence-corrected chi connectivity index (χ0v) is 10.5. The number of nitrogens with one attached hydrogen (secondary N) is 2. The van der Waals surface area contributed by atoms with Crippen molar-refractivity contribution in [1.82, 2.24) is 10.6 Å². The minimum Gasteiger partial charge on any atom is -0.481 e. The normalized spacial score (nSPS) is 23.9. The topological polar surface area (TPSA) is 78.4 Å². The Labute approximate surface area is 102 Å². The first-order valence-corrected chi connectivity index (χ1v) is 6.31. The van der Waals surface area contributed by atoms with Gasteiger partial charge in [-0.25, -0.2) is 4.79 Å². The summed E-state index contributed by atoms with van der Waals surface area (Å²) < 4.78 is 0. The van der Waals surface area contributed by atoms with Crippen molar-refractivity contribution in [2.24, 2.45) is 11.8 Å². The average Bonchev–Trinajstić information content (AvgIpc) is 3.02. The van der Waals surface area contributed by atoms with Crippen LogP contribution in [0, 0.1) is 11.8 Å². The molecule has 0 aromatic carbocycles. The van der Waals surface area contributed by atoms with Crippen LogP contribution in [0.1, 0.15) is 39.5 Å². The Bertz CT molecular complexity index is 281. The van der Waals surface area contributed by atoms with Crippen molar-refractivity contribution < 1.29 is 14.7 Å². The van der Waals surface area contributed by atoms with Crippen LogP contribution >= 0.6 is 0 Å². The molecule has 1 rings (SSSR count). The third-order valence-corrected chi connectivity index (χ3v) is 3.28. The predicted octanol–water partition coefficient (Wildman–Crippen LogP) is 1.59. The van der Waals surface area contributed by atoms with E-state index in [4.69, 9.17) is 5.11 Å². The first-order valence-electron chi connectivity index (χ1n) is 6.31. The summed E-state index contributed by atoms with van der Waals surface area (Å²) in [6.45, 7) is 4.34. The van der Waals surface area contributed by atoms with Gasteiger partial charge in [0, 0.05) is 12.6 Å². The molecule has 3 N–H and O–H groups in total. The monoisotopic (exact) mass is 242 g/mol. The molecule has 2 amide bonds. The van der Waals surface area contributed by atoms with Gasteiger partial charge in [0.15, 0.2) is 0 Å². The molecule has 98 valence electrons. The van der Waals surface area contributed by atoms with Gasteiger partial charge in [-0.15, -0.1) is 0 Å². The van der Waals surface area contributed by atoms with Crippen LogP contribution in [0.2, 0.25) is 0 Å². The molecule has 0 heterocycles. The molecule has 1 aliphatic rings. The lowest BCUT2D eigenvalue weighted by Crippen LogP contribution is -2.38. The van der Waals surface area contributed by atoms with Crippen LogP contribution in [0.3, 0.4) is 0 Å². The molecule has 3 atom stereocenters. The zero-order valence-electron chi connectivity index (χ0n) is 10.5. The molecule has 5 nitrogen and oxygen atoms in total. The van der Waals surface area contributed by atoms with Gasteiger partial charge in [-0.1, -0.05) is 20.3 Å². The fourth-order valence-electron chi connectivity index (χ4n) is 1.83. The number of carbonyl (C=O) groups is 2. The summed E-state index contributed by atoms with van der Waals surface area (Å²) in [5, 5.41) is 14.3. The lowest BCUT2D eigenvalue weighted by Gasteiger charge is -2.08. The number of hydrogen-bond acceptors (Lipinski definition) is 2. The largest absolute Gasteiger partial charge is 0.481 e. The number of hydrogen-bond donors (Lipinski definition) is 3. The van der Waals surface area contributed by atoms with E-state index in [0.29, 0.717) is 31.3 Å². The lowest BCUT2D eigenvalue weighted by molar-refractivity contribution is -0.141. The summed E-state index contributed by atoms with van der Waals surface area (Å²) in [6.07, 6.45) is 3.49. The number of carbonyl (C=O) groups excluding carboxylic acids is 1. The van der Waals surface area contributed by atoms with Crippen LogP contribution in [0.5, 0.6) is 0 Å². The third-order valence-electron chi connectivity index (χ3n) is 3.28. The molecule has 1 aliphatic carbocycles. The van der Waals surface area contributed by atoms with Gasteiger partial charge in [-0.2, -0.15) is 0 Å². The Kier molecular flexibility index (Phi) is 5.25. The van der Waals surface area contributed by atoms with Crippen LogP contribution in [-0.4, -0.2) is 29.7 Å². The first-order chi connectivity index (χ1) is 8.04. The minimum absolute atomic E-state index is 0.131. The Hall–Kier alpha value is -1.26. The van der Waals surface area contributed by atoms with Crippen LogP contribution in [0.4, 0.5) is 4.79 Å². The maximum atomic E-state index is 11.4. The highest BCUT2D eigenvalue weighted by atomic mass is 16.4. The highest BCUT2D eigenvalue weighted by molar-refractivity contribution is 5.74. The summed E-state index contributed by atoms with van der Waals surface area (Å²) in [4.78, 5) is 21.9. The van der Waals surface area contributed by atoms with Crippen LogP contribution < -0.4 is 10.6 Å². The third kappa shape index (κ3) is 5.06. The fourth-order valence-corrected chi connectivity index (χ4v) is 1.83. The van der Waals surface area contributed by atoms with Crippen molar-refractivity contribution in [3.05, 3.63) is 0 Å². The molecule has 0 radical (unpaired) electrons. The van der Waals surface area contributed by atoms with E-state index < -0.39 is 5.97 Å². The van der Waals surface area contributed by atoms with Gasteiger partial charge in [0.1, 0.15) is 0 Å². The van der Waals surface area contributed by atoms with Gasteiger partial charge in [-0.05, 0) is 25.2 Å². The molecule has 17 heavy (non-hydrogen) atoms. The Morgan fingerprint density at radius 2 is 2.18 bits per heavy atom. The van der Waals surface area contributed by atoms with Crippen molar-refractivity contribution in [2.75, 3.05) is 6.54 Å². The Morgan fingerprint density at radius 1 is 1.47 bits per heavy atom. The maximum absolute atomic E-state index is 11.4. The van der Waals surface area contributed by atoms with Crippen LogP contribution in [0.15, 0.2) is 0 Å². The van der Waals surface area contributed by atoms with E-state index in [2.05, 4.69) is 17.6 Å². The van der Waals surface area contributed by atoms with E-state index in [-0.39, 0.29) is 11.9 Å². The molecule has 0 aromatic heterocycles. The first kappa shape index (κ1) is 13.8. The fraction of sp³-hybridized carbons (Fsp3) is 0.833. The Morgan fingerprint density at radius 3 is 2.71 bits per heavy atom. The smallest absolute Gasteiger partial charge is 0.315 e. The molecular weight excluding hydrogens is 220 g/mol. The highest BCUT2D eigenvalue weighted by Gasteiger charge is 2.36. The van der Waals surface area contributed by atoms with Crippen LogP contribution in [-0.2, 0) is 4.79 Å². The van der Waals surface area contributed by atoms with Crippen LogP contribution in [0.25, 0.3) is 0 Å². The summed E-state index contributed by atoms with van der Waals surface area (Å²) in [6, 6.07) is 0.215. The molecular formula is C12H22N2O3. The van der Waals surface area contributed by atoms with Gasteiger partial charge in [0.05, 0.1) is 5.92 Å². The van der Waals surface area contributed by atoms with Crippen molar-refractivity contribution in [1.29, 1.82) is 0 Å². The second kappa shape index (κ2) is 6.47. The second-order valence-corrected chi connectivity index (χ2v) is 4.79. The molecule has 0 aliphatic heterocycles. The number of rotatable bonds is 7. The summed E-state index contributed by atoms with van der Waals surface area (Å²) in [7, 11) is 0. The Balaban J connectivity index is 1.99. The number of amides is 2. The molecule has 0 spiro atoms. The molecule has 3 unspecified atom stereocenters. The van der Waals surface area contributed by atoms with Gasteiger partial charge in [-0.3, -0.25) is 4.79 Å². The lowest BCUT2D eigenvalue weighted by atomic mass is 10.1.